The molecule has 0 saturated carbocycles. The topological polar surface area (TPSA) is 35.6 Å². The van der Waals surface area contributed by atoms with Gasteiger partial charge < -0.3 is 4.57 Å². The van der Waals surface area contributed by atoms with E-state index < -0.39 is 0 Å². The van der Waals surface area contributed by atoms with Crippen molar-refractivity contribution in [3.8, 4) is 45.3 Å². The second kappa shape index (κ2) is 14.3. The summed E-state index contributed by atoms with van der Waals surface area (Å²) in [6.45, 7) is 0. The largest absolute Gasteiger partial charge is 0.309 e. The Labute approximate surface area is 379 Å². The van der Waals surface area contributed by atoms with Gasteiger partial charge in [0, 0.05) is 38.4 Å². The van der Waals surface area contributed by atoms with Crippen molar-refractivity contribution >= 4 is 86.7 Å². The average molecular weight is 839 g/mol. The van der Waals surface area contributed by atoms with E-state index in [-0.39, 0.29) is 0 Å². The van der Waals surface area contributed by atoms with E-state index in [0.29, 0.717) is 5.95 Å². The maximum absolute atomic E-state index is 5.39. The summed E-state index contributed by atoms with van der Waals surface area (Å²) in [5.41, 5.74) is 11.8. The molecule has 66 heavy (non-hydrogen) atoms. The molecule has 0 atom stereocenters. The highest BCUT2D eigenvalue weighted by atomic mass is 15.2. The van der Waals surface area contributed by atoms with Crippen LogP contribution in [0.5, 0.6) is 0 Å². The molecule has 0 aliphatic rings. The van der Waals surface area contributed by atoms with Gasteiger partial charge in [-0.15, -0.1) is 0 Å². The zero-order valence-electron chi connectivity index (χ0n) is 35.7. The highest BCUT2D eigenvalue weighted by molar-refractivity contribution is 6.13. The average Bonchev–Trinajstić information content (AvgIpc) is 3.90. The van der Waals surface area contributed by atoms with Crippen LogP contribution in [0.2, 0.25) is 0 Å². The van der Waals surface area contributed by atoms with Crippen LogP contribution in [0, 0.1) is 0 Å². The van der Waals surface area contributed by atoms with E-state index in [0.717, 1.165) is 55.6 Å². The molecule has 14 aromatic rings. The predicted molar refractivity (Wildman–Crippen MR) is 277 cm³/mol. The van der Waals surface area contributed by atoms with Gasteiger partial charge in [0.15, 0.2) is 0 Å². The number of para-hydroxylation sites is 2. The van der Waals surface area contributed by atoms with Gasteiger partial charge in [-0.25, -0.2) is 9.97 Å². The highest BCUT2D eigenvalue weighted by Gasteiger charge is 2.19. The molecule has 4 nitrogen and oxygen atoms in total. The quantitative estimate of drug-likeness (QED) is 0.162. The Bertz CT molecular complexity index is 4210. The van der Waals surface area contributed by atoms with Crippen LogP contribution in [0.25, 0.3) is 132 Å². The molecule has 306 valence electrons. The number of hydrogen-bond acceptors (Lipinski definition) is 2. The smallest absolute Gasteiger partial charge is 0.235 e. The Hall–Kier alpha value is -8.86. The van der Waals surface area contributed by atoms with Crippen molar-refractivity contribution in [1.29, 1.82) is 0 Å². The van der Waals surface area contributed by atoms with Gasteiger partial charge in [-0.1, -0.05) is 164 Å². The van der Waals surface area contributed by atoms with Crippen LogP contribution < -0.4 is 0 Å². The zero-order chi connectivity index (χ0) is 43.3. The summed E-state index contributed by atoms with van der Waals surface area (Å²) in [6, 6.07) is 83.5. The van der Waals surface area contributed by atoms with Gasteiger partial charge in [0.1, 0.15) is 0 Å². The molecule has 0 N–H and O–H groups in total. The first kappa shape index (κ1) is 36.6. The second-order valence-corrected chi connectivity index (χ2v) is 17.4. The normalized spacial score (nSPS) is 11.9. The van der Waals surface area contributed by atoms with E-state index in [1.54, 1.807) is 0 Å². The van der Waals surface area contributed by atoms with E-state index in [4.69, 9.17) is 9.97 Å². The van der Waals surface area contributed by atoms with Crippen LogP contribution in [0.3, 0.4) is 0 Å². The summed E-state index contributed by atoms with van der Waals surface area (Å²) in [5, 5.41) is 14.6. The van der Waals surface area contributed by atoms with Gasteiger partial charge in [0.05, 0.1) is 33.5 Å². The molecule has 0 radical (unpaired) electrons. The molecule has 0 amide bonds. The molecular formula is C62H38N4. The minimum Gasteiger partial charge on any atom is -0.309 e. The molecule has 0 fully saturated rings. The minimum atomic E-state index is 0.638. The Balaban J connectivity index is 0.928. The Morgan fingerprint density at radius 1 is 0.242 bits per heavy atom. The third-order valence-electron chi connectivity index (χ3n) is 13.7. The number of aromatic nitrogens is 4. The standard InChI is InChI=1S/C62H38N4/c1-3-14-42-33-47(25-21-39(42)11-1)56-38-57(48-26-22-40-12-2-4-15-43(40)34-48)64-62(63-56)66-59-20-10-8-18-53(59)55-37-45(28-32-61(55)66)44-27-31-60-54(36-44)52-17-7-9-19-58(52)65(60)49-29-30-51-46(35-49)24-23-41-13-5-6-16-50(41)51/h1-38H. The molecule has 0 aliphatic heterocycles. The molecule has 3 aromatic heterocycles. The number of nitrogens with zero attached hydrogens (tertiary/aromatic N) is 4. The van der Waals surface area contributed by atoms with Crippen LogP contribution >= 0.6 is 0 Å². The van der Waals surface area contributed by atoms with Crippen molar-refractivity contribution in [3.63, 3.8) is 0 Å². The minimum absolute atomic E-state index is 0.638. The summed E-state index contributed by atoms with van der Waals surface area (Å²) in [5.74, 6) is 0.638. The van der Waals surface area contributed by atoms with Crippen LogP contribution in [-0.2, 0) is 0 Å². The summed E-state index contributed by atoms with van der Waals surface area (Å²) < 4.78 is 4.66. The van der Waals surface area contributed by atoms with Crippen LogP contribution in [0.4, 0.5) is 0 Å². The van der Waals surface area contributed by atoms with E-state index in [1.165, 1.54) is 70.5 Å². The maximum Gasteiger partial charge on any atom is 0.235 e. The SMILES string of the molecule is c1ccc2cc(-c3cc(-c4ccc5ccccc5c4)nc(-n4c5ccccc5c5cc(-c6ccc7c(c6)c6ccccc6n7-c6ccc7c(ccc8ccccc87)c6)ccc54)n3)ccc2c1. The molecular weight excluding hydrogens is 801 g/mol. The lowest BCUT2D eigenvalue weighted by Gasteiger charge is -2.13. The van der Waals surface area contributed by atoms with Crippen molar-refractivity contribution < 1.29 is 0 Å². The Kier molecular flexibility index (Phi) is 7.95. The van der Waals surface area contributed by atoms with Crippen molar-refractivity contribution in [2.75, 3.05) is 0 Å². The number of fused-ring (bicyclic) bond motifs is 11. The number of benzene rings is 11. The van der Waals surface area contributed by atoms with Crippen molar-refractivity contribution in [3.05, 3.63) is 231 Å². The van der Waals surface area contributed by atoms with Gasteiger partial charge in [-0.05, 0) is 121 Å². The molecule has 11 aromatic carbocycles. The fourth-order valence-corrected chi connectivity index (χ4v) is 10.5. The Morgan fingerprint density at radius 3 is 1.30 bits per heavy atom. The fraction of sp³-hybridized carbons (Fsp3) is 0. The first-order chi connectivity index (χ1) is 32.7. The van der Waals surface area contributed by atoms with Crippen molar-refractivity contribution in [1.82, 2.24) is 19.1 Å². The molecule has 0 spiro atoms. The molecule has 0 aliphatic carbocycles. The lowest BCUT2D eigenvalue weighted by molar-refractivity contribution is 0.996. The first-order valence-electron chi connectivity index (χ1n) is 22.6. The first-order valence-corrected chi connectivity index (χ1v) is 22.6. The van der Waals surface area contributed by atoms with E-state index in [1.807, 2.05) is 0 Å². The maximum atomic E-state index is 5.39. The molecule has 3 heterocycles. The van der Waals surface area contributed by atoms with Gasteiger partial charge in [-0.2, -0.15) is 0 Å². The Morgan fingerprint density at radius 2 is 0.682 bits per heavy atom. The molecule has 0 unspecified atom stereocenters. The lowest BCUT2D eigenvalue weighted by Crippen LogP contribution is -2.04. The molecule has 14 rings (SSSR count). The molecule has 0 saturated heterocycles. The lowest BCUT2D eigenvalue weighted by atomic mass is 10.0. The molecule has 4 heteroatoms. The third kappa shape index (κ3) is 5.72. The van der Waals surface area contributed by atoms with Gasteiger partial charge in [0.25, 0.3) is 0 Å². The van der Waals surface area contributed by atoms with Crippen LogP contribution in [0.15, 0.2) is 231 Å². The summed E-state index contributed by atoms with van der Waals surface area (Å²) in [4.78, 5) is 10.8. The van der Waals surface area contributed by atoms with E-state index in [9.17, 15) is 0 Å². The highest BCUT2D eigenvalue weighted by Crippen LogP contribution is 2.40. The predicted octanol–water partition coefficient (Wildman–Crippen LogP) is 16.3. The van der Waals surface area contributed by atoms with E-state index in [2.05, 4.69) is 240 Å². The third-order valence-corrected chi connectivity index (χ3v) is 13.7. The van der Waals surface area contributed by atoms with Crippen LogP contribution in [0.1, 0.15) is 0 Å². The van der Waals surface area contributed by atoms with Crippen molar-refractivity contribution in [2.45, 2.75) is 0 Å². The van der Waals surface area contributed by atoms with Crippen LogP contribution in [-0.4, -0.2) is 19.1 Å². The fourth-order valence-electron chi connectivity index (χ4n) is 10.5. The van der Waals surface area contributed by atoms with Gasteiger partial charge >= 0.3 is 0 Å². The monoisotopic (exact) mass is 838 g/mol. The summed E-state index contributed by atoms with van der Waals surface area (Å²) in [7, 11) is 0. The number of hydrogen-bond donors (Lipinski definition) is 0. The second-order valence-electron chi connectivity index (χ2n) is 17.4. The van der Waals surface area contributed by atoms with Gasteiger partial charge in [-0.3, -0.25) is 4.57 Å². The summed E-state index contributed by atoms with van der Waals surface area (Å²) in [6.07, 6.45) is 0. The van der Waals surface area contributed by atoms with E-state index >= 15 is 0 Å². The summed E-state index contributed by atoms with van der Waals surface area (Å²) >= 11 is 0. The zero-order valence-corrected chi connectivity index (χ0v) is 35.7. The number of rotatable bonds is 5. The van der Waals surface area contributed by atoms with Crippen molar-refractivity contribution in [2.24, 2.45) is 0 Å². The van der Waals surface area contributed by atoms with Gasteiger partial charge in [0.2, 0.25) is 5.95 Å². The molecule has 0 bridgehead atoms.